The fourth-order valence-corrected chi connectivity index (χ4v) is 2.72. The number of carbonyl (C=O) groups excluding carboxylic acids is 1. The van der Waals surface area contributed by atoms with Crippen LogP contribution < -0.4 is 0 Å². The van der Waals surface area contributed by atoms with Gasteiger partial charge in [0.1, 0.15) is 0 Å². The van der Waals surface area contributed by atoms with Crippen molar-refractivity contribution in [1.29, 1.82) is 5.26 Å². The summed E-state index contributed by atoms with van der Waals surface area (Å²) in [6.07, 6.45) is 6.65. The Hall–Kier alpha value is -1.24. The molecule has 0 radical (unpaired) electrons. The van der Waals surface area contributed by atoms with Crippen molar-refractivity contribution in [3.8, 4) is 6.07 Å². The normalized spacial score (nSPS) is 26.2. The number of nitriles is 1. The predicted octanol–water partition coefficient (Wildman–Crippen LogP) is 2.22. The molecule has 2 rings (SSSR count). The Morgan fingerprint density at radius 2 is 1.65 bits per heavy atom. The van der Waals surface area contributed by atoms with E-state index in [0.717, 1.165) is 45.3 Å². The maximum Gasteiger partial charge on any atom is 0.320 e. The number of piperidine rings is 1. The van der Waals surface area contributed by atoms with Gasteiger partial charge in [-0.1, -0.05) is 12.8 Å². The average molecular weight is 235 g/mol. The average Bonchev–Trinajstić information content (AvgIpc) is 2.67. The number of rotatable bonds is 0. The molecule has 2 aliphatic heterocycles. The zero-order valence-electron chi connectivity index (χ0n) is 10.4. The SMILES string of the molecule is N#CC1CCCN(C(=O)N2CCCCCC2)C1. The van der Waals surface area contributed by atoms with Crippen molar-refractivity contribution in [3.63, 3.8) is 0 Å². The lowest BCUT2D eigenvalue weighted by Crippen LogP contribution is -2.47. The van der Waals surface area contributed by atoms with Crippen molar-refractivity contribution in [2.24, 2.45) is 5.92 Å². The predicted molar refractivity (Wildman–Crippen MR) is 65.3 cm³/mol. The third-order valence-electron chi connectivity index (χ3n) is 3.75. The van der Waals surface area contributed by atoms with Crippen LogP contribution in [0.2, 0.25) is 0 Å². The summed E-state index contributed by atoms with van der Waals surface area (Å²) in [6.45, 7) is 3.25. The fourth-order valence-electron chi connectivity index (χ4n) is 2.72. The third-order valence-corrected chi connectivity index (χ3v) is 3.75. The first-order valence-corrected chi connectivity index (χ1v) is 6.75. The van der Waals surface area contributed by atoms with Gasteiger partial charge in [-0.15, -0.1) is 0 Å². The highest BCUT2D eigenvalue weighted by Crippen LogP contribution is 2.18. The van der Waals surface area contributed by atoms with Crippen LogP contribution in [0.15, 0.2) is 0 Å². The largest absolute Gasteiger partial charge is 0.325 e. The van der Waals surface area contributed by atoms with Crippen LogP contribution in [-0.2, 0) is 0 Å². The van der Waals surface area contributed by atoms with Crippen molar-refractivity contribution in [3.05, 3.63) is 0 Å². The monoisotopic (exact) mass is 235 g/mol. The van der Waals surface area contributed by atoms with E-state index in [1.807, 2.05) is 9.80 Å². The molecule has 1 unspecified atom stereocenters. The molecule has 94 valence electrons. The molecule has 2 amide bonds. The quantitative estimate of drug-likeness (QED) is 0.646. The van der Waals surface area contributed by atoms with Gasteiger partial charge in [0.15, 0.2) is 0 Å². The van der Waals surface area contributed by atoms with E-state index >= 15 is 0 Å². The van der Waals surface area contributed by atoms with Gasteiger partial charge in [-0.2, -0.15) is 5.26 Å². The van der Waals surface area contributed by atoms with Crippen LogP contribution in [0.5, 0.6) is 0 Å². The summed E-state index contributed by atoms with van der Waals surface area (Å²) < 4.78 is 0. The van der Waals surface area contributed by atoms with Crippen LogP contribution in [0, 0.1) is 17.2 Å². The highest BCUT2D eigenvalue weighted by molar-refractivity contribution is 5.74. The minimum absolute atomic E-state index is 0.0414. The molecule has 1 atom stereocenters. The molecule has 0 aromatic heterocycles. The van der Waals surface area contributed by atoms with E-state index in [9.17, 15) is 4.79 Å². The third kappa shape index (κ3) is 3.12. The van der Waals surface area contributed by atoms with Gasteiger partial charge in [-0.25, -0.2) is 4.79 Å². The van der Waals surface area contributed by atoms with Gasteiger partial charge in [-0.05, 0) is 25.7 Å². The second-order valence-electron chi connectivity index (χ2n) is 5.10. The van der Waals surface area contributed by atoms with Crippen LogP contribution in [0.25, 0.3) is 0 Å². The second-order valence-corrected chi connectivity index (χ2v) is 5.10. The maximum absolute atomic E-state index is 12.3. The van der Waals surface area contributed by atoms with E-state index < -0.39 is 0 Å². The number of likely N-dealkylation sites (tertiary alicyclic amines) is 2. The molecule has 0 N–H and O–H groups in total. The molecule has 0 aromatic rings. The first-order valence-electron chi connectivity index (χ1n) is 6.75. The summed E-state index contributed by atoms with van der Waals surface area (Å²) in [6, 6.07) is 2.45. The molecule has 2 aliphatic rings. The molecule has 0 saturated carbocycles. The molecule has 0 spiro atoms. The highest BCUT2D eigenvalue weighted by Gasteiger charge is 2.27. The van der Waals surface area contributed by atoms with Crippen molar-refractivity contribution < 1.29 is 4.79 Å². The first kappa shape index (κ1) is 12.2. The fraction of sp³-hybridized carbons (Fsp3) is 0.846. The summed E-state index contributed by atoms with van der Waals surface area (Å²) in [4.78, 5) is 16.2. The summed E-state index contributed by atoms with van der Waals surface area (Å²) in [5.41, 5.74) is 0. The van der Waals surface area contributed by atoms with Gasteiger partial charge in [0.2, 0.25) is 0 Å². The minimum Gasteiger partial charge on any atom is -0.325 e. The van der Waals surface area contributed by atoms with Gasteiger partial charge in [0.25, 0.3) is 0 Å². The number of carbonyl (C=O) groups is 1. The van der Waals surface area contributed by atoms with Crippen molar-refractivity contribution in [1.82, 2.24) is 9.80 Å². The van der Waals surface area contributed by atoms with E-state index in [1.165, 1.54) is 12.8 Å². The van der Waals surface area contributed by atoms with E-state index in [0.29, 0.717) is 6.54 Å². The molecule has 17 heavy (non-hydrogen) atoms. The molecule has 0 aromatic carbocycles. The van der Waals surface area contributed by atoms with Crippen LogP contribution >= 0.6 is 0 Å². The lowest BCUT2D eigenvalue weighted by atomic mass is 10.00. The molecular weight excluding hydrogens is 214 g/mol. The summed E-state index contributed by atoms with van der Waals surface area (Å²) in [5.74, 6) is 0.0414. The van der Waals surface area contributed by atoms with Gasteiger partial charge < -0.3 is 9.80 Å². The van der Waals surface area contributed by atoms with Crippen LogP contribution in [0.4, 0.5) is 4.79 Å². The number of amides is 2. The Kier molecular flexibility index (Phi) is 4.24. The number of nitrogens with zero attached hydrogens (tertiary/aromatic N) is 3. The highest BCUT2D eigenvalue weighted by atomic mass is 16.2. The summed E-state index contributed by atoms with van der Waals surface area (Å²) in [5, 5.41) is 8.94. The van der Waals surface area contributed by atoms with Gasteiger partial charge in [-0.3, -0.25) is 0 Å². The topological polar surface area (TPSA) is 47.3 Å². The number of hydrogen-bond acceptors (Lipinski definition) is 2. The molecule has 2 saturated heterocycles. The van der Waals surface area contributed by atoms with Gasteiger partial charge in [0, 0.05) is 26.2 Å². The molecule has 4 heteroatoms. The molecular formula is C13H21N3O. The standard InChI is InChI=1S/C13H21N3O/c14-10-12-6-5-9-16(11-12)13(17)15-7-3-1-2-4-8-15/h12H,1-9,11H2. The Labute approximate surface area is 103 Å². The minimum atomic E-state index is 0.0414. The Morgan fingerprint density at radius 3 is 2.29 bits per heavy atom. The van der Waals surface area contributed by atoms with Crippen LogP contribution in [-0.4, -0.2) is 42.0 Å². The van der Waals surface area contributed by atoms with E-state index in [2.05, 4.69) is 6.07 Å². The molecule has 0 aliphatic carbocycles. The Balaban J connectivity index is 1.91. The van der Waals surface area contributed by atoms with Crippen LogP contribution in [0.3, 0.4) is 0 Å². The molecule has 2 fully saturated rings. The van der Waals surface area contributed by atoms with Crippen molar-refractivity contribution >= 4 is 6.03 Å². The van der Waals surface area contributed by atoms with Crippen LogP contribution in [0.1, 0.15) is 38.5 Å². The number of hydrogen-bond donors (Lipinski definition) is 0. The van der Waals surface area contributed by atoms with E-state index in [1.54, 1.807) is 0 Å². The van der Waals surface area contributed by atoms with Crippen molar-refractivity contribution in [2.45, 2.75) is 38.5 Å². The Bertz CT molecular complexity index is 302. The van der Waals surface area contributed by atoms with Crippen molar-refractivity contribution in [2.75, 3.05) is 26.2 Å². The molecule has 4 nitrogen and oxygen atoms in total. The zero-order chi connectivity index (χ0) is 12.1. The smallest absolute Gasteiger partial charge is 0.320 e. The van der Waals surface area contributed by atoms with E-state index in [-0.39, 0.29) is 11.9 Å². The van der Waals surface area contributed by atoms with E-state index in [4.69, 9.17) is 5.26 Å². The Morgan fingerprint density at radius 1 is 1.00 bits per heavy atom. The lowest BCUT2D eigenvalue weighted by Gasteiger charge is -2.34. The van der Waals surface area contributed by atoms with Gasteiger partial charge in [0.05, 0.1) is 12.0 Å². The second kappa shape index (κ2) is 5.90. The molecule has 2 heterocycles. The summed E-state index contributed by atoms with van der Waals surface area (Å²) in [7, 11) is 0. The lowest BCUT2D eigenvalue weighted by molar-refractivity contribution is 0.137. The maximum atomic E-state index is 12.3. The first-order chi connectivity index (χ1) is 8.31. The number of urea groups is 1. The zero-order valence-corrected chi connectivity index (χ0v) is 10.4. The summed E-state index contributed by atoms with van der Waals surface area (Å²) >= 11 is 0. The molecule has 0 bridgehead atoms. The van der Waals surface area contributed by atoms with Gasteiger partial charge >= 0.3 is 6.03 Å².